The lowest BCUT2D eigenvalue weighted by Gasteiger charge is -2.37. The number of rotatable bonds is 3. The van der Waals surface area contributed by atoms with E-state index in [2.05, 4.69) is 5.01 Å². The summed E-state index contributed by atoms with van der Waals surface area (Å²) in [6, 6.07) is 0.459. The van der Waals surface area contributed by atoms with Gasteiger partial charge in [0.1, 0.15) is 0 Å². The molecule has 2 fully saturated rings. The smallest absolute Gasteiger partial charge is 0.238 e. The topological polar surface area (TPSA) is 49.6 Å². The summed E-state index contributed by atoms with van der Waals surface area (Å²) in [4.78, 5) is 11.8. The van der Waals surface area contributed by atoms with Gasteiger partial charge in [0.25, 0.3) is 0 Å². The van der Waals surface area contributed by atoms with E-state index in [1.165, 1.54) is 32.1 Å². The average molecular weight is 211 g/mol. The van der Waals surface area contributed by atoms with E-state index >= 15 is 0 Å². The first-order chi connectivity index (χ1) is 7.33. The van der Waals surface area contributed by atoms with Gasteiger partial charge in [-0.2, -0.15) is 0 Å². The fourth-order valence-electron chi connectivity index (χ4n) is 2.73. The molecular formula is C11H21N3O. The lowest BCUT2D eigenvalue weighted by molar-refractivity contribution is -0.144. The summed E-state index contributed by atoms with van der Waals surface area (Å²) in [6.07, 6.45) is 6.89. The summed E-state index contributed by atoms with van der Waals surface area (Å²) in [5, 5.41) is 4.16. The van der Waals surface area contributed by atoms with E-state index < -0.39 is 0 Å². The summed E-state index contributed by atoms with van der Waals surface area (Å²) in [5.74, 6) is 0.301. The van der Waals surface area contributed by atoms with Gasteiger partial charge in [-0.1, -0.05) is 19.3 Å². The van der Waals surface area contributed by atoms with Gasteiger partial charge in [-0.3, -0.25) is 9.80 Å². The fraction of sp³-hybridized carbons (Fsp3) is 0.909. The molecular weight excluding hydrogens is 190 g/mol. The third-order valence-corrected chi connectivity index (χ3v) is 3.45. The van der Waals surface area contributed by atoms with Gasteiger partial charge < -0.3 is 5.73 Å². The molecule has 0 radical (unpaired) electrons. The molecule has 0 unspecified atom stereocenters. The van der Waals surface area contributed by atoms with Gasteiger partial charge in [0.2, 0.25) is 5.91 Å². The minimum absolute atomic E-state index is 0.301. The van der Waals surface area contributed by atoms with Gasteiger partial charge in [0, 0.05) is 32.1 Å². The predicted octanol–water partition coefficient (Wildman–Crippen LogP) is 0.727. The molecule has 0 atom stereocenters. The maximum absolute atomic E-state index is 11.8. The third kappa shape index (κ3) is 2.32. The van der Waals surface area contributed by atoms with Gasteiger partial charge in [-0.25, -0.2) is 5.01 Å². The molecule has 0 aromatic heterocycles. The van der Waals surface area contributed by atoms with Crippen molar-refractivity contribution >= 4 is 5.91 Å². The van der Waals surface area contributed by atoms with E-state index in [-0.39, 0.29) is 0 Å². The van der Waals surface area contributed by atoms with Crippen LogP contribution in [-0.2, 0) is 4.79 Å². The van der Waals surface area contributed by atoms with Gasteiger partial charge >= 0.3 is 0 Å². The quantitative estimate of drug-likeness (QED) is 0.748. The van der Waals surface area contributed by atoms with Crippen LogP contribution in [-0.4, -0.2) is 41.6 Å². The van der Waals surface area contributed by atoms with Crippen LogP contribution in [0.1, 0.15) is 38.5 Å². The second-order valence-corrected chi connectivity index (χ2v) is 4.52. The lowest BCUT2D eigenvalue weighted by Crippen LogP contribution is -2.48. The number of hydrazine groups is 1. The van der Waals surface area contributed by atoms with Crippen molar-refractivity contribution < 1.29 is 4.79 Å². The maximum Gasteiger partial charge on any atom is 0.238 e. The SMILES string of the molecule is NCCN1CCC(=O)N1C1CCCCC1. The largest absolute Gasteiger partial charge is 0.329 e. The zero-order chi connectivity index (χ0) is 10.7. The molecule has 2 aliphatic rings. The van der Waals surface area contributed by atoms with Crippen LogP contribution in [0.3, 0.4) is 0 Å². The van der Waals surface area contributed by atoms with Crippen molar-refractivity contribution in [1.82, 2.24) is 10.0 Å². The summed E-state index contributed by atoms with van der Waals surface area (Å²) >= 11 is 0. The predicted molar refractivity (Wildman–Crippen MR) is 59.0 cm³/mol. The Kier molecular flexibility index (Phi) is 3.59. The first-order valence-corrected chi connectivity index (χ1v) is 6.10. The zero-order valence-corrected chi connectivity index (χ0v) is 9.32. The number of nitrogens with two attached hydrogens (primary N) is 1. The summed E-state index contributed by atoms with van der Waals surface area (Å²) in [6.45, 7) is 2.32. The van der Waals surface area contributed by atoms with E-state index in [1.807, 2.05) is 5.01 Å². The van der Waals surface area contributed by atoms with Crippen molar-refractivity contribution in [2.24, 2.45) is 5.73 Å². The van der Waals surface area contributed by atoms with E-state index in [0.717, 1.165) is 13.1 Å². The Hall–Kier alpha value is -0.610. The minimum Gasteiger partial charge on any atom is -0.329 e. The molecule has 0 bridgehead atoms. The van der Waals surface area contributed by atoms with E-state index in [9.17, 15) is 4.79 Å². The Morgan fingerprint density at radius 3 is 2.67 bits per heavy atom. The van der Waals surface area contributed by atoms with Crippen molar-refractivity contribution in [1.29, 1.82) is 0 Å². The van der Waals surface area contributed by atoms with Crippen LogP contribution in [0.15, 0.2) is 0 Å². The number of hydrogen-bond donors (Lipinski definition) is 1. The highest BCUT2D eigenvalue weighted by molar-refractivity contribution is 5.78. The second-order valence-electron chi connectivity index (χ2n) is 4.52. The normalized spacial score (nSPS) is 25.1. The molecule has 1 saturated carbocycles. The Balaban J connectivity index is 1.99. The fourth-order valence-corrected chi connectivity index (χ4v) is 2.73. The van der Waals surface area contributed by atoms with E-state index in [0.29, 0.717) is 24.9 Å². The molecule has 0 aromatic carbocycles. The molecule has 1 saturated heterocycles. The maximum atomic E-state index is 11.8. The molecule has 4 nitrogen and oxygen atoms in total. The van der Waals surface area contributed by atoms with Crippen LogP contribution in [0.5, 0.6) is 0 Å². The van der Waals surface area contributed by atoms with Crippen molar-refractivity contribution in [3.63, 3.8) is 0 Å². The average Bonchev–Trinajstić information content (AvgIpc) is 2.62. The summed E-state index contributed by atoms with van der Waals surface area (Å²) in [7, 11) is 0. The molecule has 0 aromatic rings. The van der Waals surface area contributed by atoms with Crippen molar-refractivity contribution in [2.45, 2.75) is 44.6 Å². The molecule has 1 amide bonds. The monoisotopic (exact) mass is 211 g/mol. The molecule has 4 heteroatoms. The first kappa shape index (κ1) is 10.9. The minimum atomic E-state index is 0.301. The molecule has 1 aliphatic carbocycles. The van der Waals surface area contributed by atoms with Crippen LogP contribution in [0, 0.1) is 0 Å². The van der Waals surface area contributed by atoms with Crippen LogP contribution < -0.4 is 5.73 Å². The van der Waals surface area contributed by atoms with Crippen LogP contribution in [0.2, 0.25) is 0 Å². The molecule has 2 rings (SSSR count). The summed E-state index contributed by atoms with van der Waals surface area (Å²) in [5.41, 5.74) is 5.57. The van der Waals surface area contributed by atoms with Crippen LogP contribution >= 0.6 is 0 Å². The number of hydrogen-bond acceptors (Lipinski definition) is 3. The Labute approximate surface area is 91.4 Å². The zero-order valence-electron chi connectivity index (χ0n) is 9.32. The Morgan fingerprint density at radius 2 is 2.00 bits per heavy atom. The highest BCUT2D eigenvalue weighted by Crippen LogP contribution is 2.26. The van der Waals surface area contributed by atoms with Gasteiger partial charge in [0.15, 0.2) is 0 Å². The van der Waals surface area contributed by atoms with Crippen LogP contribution in [0.25, 0.3) is 0 Å². The van der Waals surface area contributed by atoms with Crippen molar-refractivity contribution in [2.75, 3.05) is 19.6 Å². The standard InChI is InChI=1S/C11H21N3O/c12-7-9-13-8-6-11(15)14(13)10-4-2-1-3-5-10/h10H,1-9,12H2. The molecule has 1 heterocycles. The molecule has 2 N–H and O–H groups in total. The lowest BCUT2D eigenvalue weighted by atomic mass is 9.95. The van der Waals surface area contributed by atoms with Gasteiger partial charge in [0.05, 0.1) is 0 Å². The van der Waals surface area contributed by atoms with Crippen LogP contribution in [0.4, 0.5) is 0 Å². The number of carbonyl (C=O) groups is 1. The third-order valence-electron chi connectivity index (χ3n) is 3.45. The second kappa shape index (κ2) is 4.94. The van der Waals surface area contributed by atoms with Gasteiger partial charge in [-0.05, 0) is 12.8 Å². The number of nitrogens with zero attached hydrogens (tertiary/aromatic N) is 2. The molecule has 15 heavy (non-hydrogen) atoms. The number of amides is 1. The van der Waals surface area contributed by atoms with E-state index in [1.54, 1.807) is 0 Å². The van der Waals surface area contributed by atoms with Crippen molar-refractivity contribution in [3.05, 3.63) is 0 Å². The van der Waals surface area contributed by atoms with Crippen molar-refractivity contribution in [3.8, 4) is 0 Å². The first-order valence-electron chi connectivity index (χ1n) is 6.10. The Bertz CT molecular complexity index is 226. The van der Waals surface area contributed by atoms with E-state index in [4.69, 9.17) is 5.73 Å². The molecule has 1 aliphatic heterocycles. The Morgan fingerprint density at radius 1 is 1.27 bits per heavy atom. The number of carbonyl (C=O) groups excluding carboxylic acids is 1. The molecule has 0 spiro atoms. The highest BCUT2D eigenvalue weighted by atomic mass is 16.2. The summed E-state index contributed by atoms with van der Waals surface area (Å²) < 4.78 is 0. The molecule has 86 valence electrons. The van der Waals surface area contributed by atoms with Gasteiger partial charge in [-0.15, -0.1) is 0 Å². The highest BCUT2D eigenvalue weighted by Gasteiger charge is 2.34.